The van der Waals surface area contributed by atoms with E-state index in [2.05, 4.69) is 103 Å². The number of nitrogens with zero attached hydrogens (tertiary/aromatic N) is 1. The summed E-state index contributed by atoms with van der Waals surface area (Å²) in [6.45, 7) is 26.6. The fraction of sp³-hybridized carbons (Fsp3) is 0.600. The van der Waals surface area contributed by atoms with Crippen LogP contribution in [0.2, 0.25) is 0 Å². The fourth-order valence-corrected chi connectivity index (χ4v) is 6.25. The van der Waals surface area contributed by atoms with Gasteiger partial charge in [-0.1, -0.05) is 97.5 Å². The average molecular weight is 488 g/mol. The molecule has 0 saturated carbocycles. The van der Waals surface area contributed by atoms with Crippen LogP contribution in [0.1, 0.15) is 105 Å². The molecule has 2 aliphatic rings. The van der Waals surface area contributed by atoms with Gasteiger partial charge in [-0.2, -0.15) is 0 Å². The van der Waals surface area contributed by atoms with Crippen molar-refractivity contribution in [2.24, 2.45) is 22.7 Å². The Morgan fingerprint density at radius 2 is 1.69 bits per heavy atom. The van der Waals surface area contributed by atoms with Crippen molar-refractivity contribution in [3.8, 4) is 0 Å². The van der Waals surface area contributed by atoms with Crippen LogP contribution in [-0.4, -0.2) is 11.4 Å². The van der Waals surface area contributed by atoms with Crippen LogP contribution in [0.4, 0.5) is 0 Å². The molecule has 2 atom stereocenters. The predicted octanol–water partition coefficient (Wildman–Crippen LogP) is 10.1. The molecule has 1 heterocycles. The third-order valence-electron chi connectivity index (χ3n) is 8.32. The van der Waals surface area contributed by atoms with Crippen LogP contribution in [0.25, 0.3) is 0 Å². The normalized spacial score (nSPS) is 21.0. The van der Waals surface area contributed by atoms with Crippen LogP contribution in [0.5, 0.6) is 0 Å². The van der Waals surface area contributed by atoms with Crippen LogP contribution < -0.4 is 0 Å². The first-order chi connectivity index (χ1) is 16.8. The Hall–Kier alpha value is -2.02. The van der Waals surface area contributed by atoms with Crippen molar-refractivity contribution in [2.45, 2.75) is 106 Å². The Balaban J connectivity index is 1.56. The van der Waals surface area contributed by atoms with Gasteiger partial charge in [0, 0.05) is 17.9 Å². The fourth-order valence-electron chi connectivity index (χ4n) is 6.25. The molecule has 3 rings (SSSR count). The molecule has 2 unspecified atom stereocenters. The lowest BCUT2D eigenvalue weighted by atomic mass is 9.78. The van der Waals surface area contributed by atoms with E-state index in [0.717, 1.165) is 32.2 Å². The molecule has 1 nitrogen and oxygen atoms in total. The van der Waals surface area contributed by atoms with Crippen LogP contribution >= 0.6 is 0 Å². The van der Waals surface area contributed by atoms with Crippen molar-refractivity contribution >= 4 is 0 Å². The summed E-state index contributed by atoms with van der Waals surface area (Å²) in [6.07, 6.45) is 15.4. The van der Waals surface area contributed by atoms with Gasteiger partial charge in [0.15, 0.2) is 0 Å². The van der Waals surface area contributed by atoms with Gasteiger partial charge in [-0.25, -0.2) is 0 Å². The first-order valence-corrected chi connectivity index (χ1v) is 14.4. The Morgan fingerprint density at radius 3 is 2.31 bits per heavy atom. The second kappa shape index (κ2) is 12.0. The van der Waals surface area contributed by atoms with E-state index in [9.17, 15) is 0 Å². The van der Waals surface area contributed by atoms with Crippen LogP contribution in [-0.2, 0) is 12.8 Å². The molecule has 0 spiro atoms. The number of hydrogen-bond acceptors (Lipinski definition) is 1. The number of aryl methyl sites for hydroxylation is 1. The predicted molar refractivity (Wildman–Crippen MR) is 159 cm³/mol. The lowest BCUT2D eigenvalue weighted by molar-refractivity contribution is 0.280. The van der Waals surface area contributed by atoms with E-state index in [0.29, 0.717) is 22.7 Å². The zero-order valence-electron chi connectivity index (χ0n) is 24.6. The Bertz CT molecular complexity index is 963. The van der Waals surface area contributed by atoms with Crippen molar-refractivity contribution in [3.63, 3.8) is 0 Å². The van der Waals surface area contributed by atoms with Crippen molar-refractivity contribution in [3.05, 3.63) is 83.2 Å². The average Bonchev–Trinajstić information content (AvgIpc) is 3.28. The monoisotopic (exact) mass is 487 g/mol. The van der Waals surface area contributed by atoms with E-state index < -0.39 is 0 Å². The second-order valence-electron chi connectivity index (χ2n) is 13.7. The number of hydrogen-bond donors (Lipinski definition) is 0. The molecular weight excluding hydrogens is 434 g/mol. The Morgan fingerprint density at radius 1 is 1.03 bits per heavy atom. The molecule has 0 saturated heterocycles. The van der Waals surface area contributed by atoms with Gasteiger partial charge in [0.05, 0.1) is 0 Å². The zero-order chi connectivity index (χ0) is 26.5. The van der Waals surface area contributed by atoms with Gasteiger partial charge in [0.2, 0.25) is 0 Å². The molecule has 36 heavy (non-hydrogen) atoms. The summed E-state index contributed by atoms with van der Waals surface area (Å²) in [7, 11) is 0. The maximum Gasteiger partial charge on any atom is 0.0287 e. The van der Waals surface area contributed by atoms with Gasteiger partial charge in [0.25, 0.3) is 0 Å². The van der Waals surface area contributed by atoms with Crippen molar-refractivity contribution in [2.75, 3.05) is 6.54 Å². The molecule has 0 fully saturated rings. The molecule has 1 aromatic carbocycles. The van der Waals surface area contributed by atoms with E-state index in [1.807, 2.05) is 0 Å². The third kappa shape index (κ3) is 8.25. The van der Waals surface area contributed by atoms with Crippen molar-refractivity contribution in [1.82, 2.24) is 4.90 Å². The summed E-state index contributed by atoms with van der Waals surface area (Å²) >= 11 is 0. The van der Waals surface area contributed by atoms with E-state index in [-0.39, 0.29) is 0 Å². The first kappa shape index (κ1) is 28.5. The van der Waals surface area contributed by atoms with Crippen molar-refractivity contribution in [1.29, 1.82) is 0 Å². The maximum atomic E-state index is 4.57. The molecule has 0 N–H and O–H groups in total. The number of rotatable bonds is 11. The van der Waals surface area contributed by atoms with Crippen LogP contribution in [0, 0.1) is 22.7 Å². The zero-order valence-corrected chi connectivity index (χ0v) is 24.6. The standard InChI is InChI=1S/C35H53N/c1-26(33-27(2)23-28(3)36(29(33)4)25-32-13-10-11-14-32)15-16-30-17-19-31(20-18-30)24-35(8,9)22-12-21-34(5,6)7/h10,13,17-20,27,32H,1,3,11-12,14-16,21-25H2,2,4-9H3. The van der Waals surface area contributed by atoms with Gasteiger partial charge < -0.3 is 4.90 Å². The van der Waals surface area contributed by atoms with E-state index >= 15 is 0 Å². The SMILES string of the molecule is C=C(CCc1ccc(CC(C)(C)CCCC(C)(C)C)cc1)C1=C(C)N(CC2C=CCC2)C(=C)CC1C. The Kier molecular flexibility index (Phi) is 9.53. The van der Waals surface area contributed by atoms with E-state index in [1.54, 1.807) is 0 Å². The highest BCUT2D eigenvalue weighted by Crippen LogP contribution is 2.39. The molecular formula is C35H53N. The van der Waals surface area contributed by atoms with Gasteiger partial charge >= 0.3 is 0 Å². The molecule has 0 radical (unpaired) electrons. The quantitative estimate of drug-likeness (QED) is 0.281. The minimum absolute atomic E-state index is 0.354. The molecule has 198 valence electrons. The molecule has 1 heteroatoms. The number of allylic oxidation sites excluding steroid dienone is 5. The smallest absolute Gasteiger partial charge is 0.0287 e. The summed E-state index contributed by atoms with van der Waals surface area (Å²) in [5.74, 6) is 1.16. The lowest BCUT2D eigenvalue weighted by Gasteiger charge is -2.39. The van der Waals surface area contributed by atoms with Gasteiger partial charge in [0.1, 0.15) is 0 Å². The molecule has 0 aromatic heterocycles. The molecule has 1 aliphatic carbocycles. The maximum absolute atomic E-state index is 4.57. The third-order valence-corrected chi connectivity index (χ3v) is 8.32. The molecule has 0 bridgehead atoms. The summed E-state index contributed by atoms with van der Waals surface area (Å²) < 4.78 is 0. The van der Waals surface area contributed by atoms with Gasteiger partial charge in [-0.15, -0.1) is 0 Å². The minimum atomic E-state index is 0.354. The second-order valence-corrected chi connectivity index (χ2v) is 13.7. The lowest BCUT2D eigenvalue weighted by Crippen LogP contribution is -2.32. The van der Waals surface area contributed by atoms with E-state index in [4.69, 9.17) is 0 Å². The summed E-state index contributed by atoms with van der Waals surface area (Å²) in [5.41, 5.74) is 9.11. The highest BCUT2D eigenvalue weighted by molar-refractivity contribution is 5.39. The molecule has 1 aromatic rings. The van der Waals surface area contributed by atoms with Gasteiger partial charge in [-0.3, -0.25) is 0 Å². The molecule has 0 amide bonds. The highest BCUT2D eigenvalue weighted by atomic mass is 15.2. The van der Waals surface area contributed by atoms with E-state index in [1.165, 1.54) is 65.8 Å². The summed E-state index contributed by atoms with van der Waals surface area (Å²) in [4.78, 5) is 2.48. The van der Waals surface area contributed by atoms with Crippen LogP contribution in [0.3, 0.4) is 0 Å². The minimum Gasteiger partial charge on any atom is -0.349 e. The number of benzene rings is 1. The van der Waals surface area contributed by atoms with Gasteiger partial charge in [-0.05, 0) is 103 Å². The summed E-state index contributed by atoms with van der Waals surface area (Å²) in [6, 6.07) is 9.41. The first-order valence-electron chi connectivity index (χ1n) is 14.4. The summed E-state index contributed by atoms with van der Waals surface area (Å²) in [5, 5.41) is 0. The topological polar surface area (TPSA) is 3.24 Å². The Labute approximate surface area is 223 Å². The largest absolute Gasteiger partial charge is 0.349 e. The highest BCUT2D eigenvalue weighted by Gasteiger charge is 2.28. The van der Waals surface area contributed by atoms with Crippen LogP contribution in [0.15, 0.2) is 72.1 Å². The van der Waals surface area contributed by atoms with Crippen molar-refractivity contribution < 1.29 is 0 Å². The molecule has 1 aliphatic heterocycles.